The number of amides is 14. The van der Waals surface area contributed by atoms with Gasteiger partial charge < -0.3 is 112 Å². The molecule has 0 aliphatic rings. The molecule has 9 atom stereocenters. The molecule has 3 aromatic carbocycles. The third kappa shape index (κ3) is 35.5. The van der Waals surface area contributed by atoms with Gasteiger partial charge in [0.25, 0.3) is 0 Å². The first kappa shape index (κ1) is 95.9. The molecular weight excluding hydrogens is 1510 g/mol. The fourth-order valence-electron chi connectivity index (χ4n) is 12.9. The lowest BCUT2D eigenvalue weighted by Crippen LogP contribution is -2.58. The number of hydrogen-bond acceptors (Lipinski definition) is 18. The Morgan fingerprint density at radius 3 is 1.52 bits per heavy atom. The van der Waals surface area contributed by atoms with Crippen LogP contribution in [0.15, 0.2) is 85.2 Å². The molecule has 0 fully saturated rings. The topological polar surface area (TPSA) is 576 Å². The van der Waals surface area contributed by atoms with Gasteiger partial charge in [-0.25, -0.2) is 0 Å². The minimum absolute atomic E-state index is 0.0120. The molecule has 0 radical (unpaired) electrons. The second-order valence-electron chi connectivity index (χ2n) is 30.3. The van der Waals surface area contributed by atoms with Gasteiger partial charge in [-0.15, -0.1) is 0 Å². The Morgan fingerprint density at radius 1 is 0.436 bits per heavy atom. The van der Waals surface area contributed by atoms with Gasteiger partial charge in [-0.05, 0) is 163 Å². The Hall–Kier alpha value is -11.7. The molecular formula is C81H123N21O15. The Balaban J connectivity index is 0.990. The molecule has 0 saturated carbocycles. The number of hydrogen-bond donors (Lipinski definition) is 21. The number of aromatic amines is 1. The van der Waals surface area contributed by atoms with Gasteiger partial charge in [0.1, 0.15) is 54.1 Å². The maximum atomic E-state index is 14.7. The molecule has 0 aliphatic heterocycles. The van der Waals surface area contributed by atoms with Crippen LogP contribution in [0.1, 0.15) is 161 Å². The molecule has 14 amide bonds. The lowest BCUT2D eigenvalue weighted by molar-refractivity contribution is -0.134. The van der Waals surface area contributed by atoms with E-state index in [-0.39, 0.29) is 126 Å². The third-order valence-corrected chi connectivity index (χ3v) is 19.2. The number of phenols is 1. The number of nitrogens with one attached hydrogen (secondary N) is 16. The number of aromatic nitrogens is 2. The van der Waals surface area contributed by atoms with Crippen molar-refractivity contribution in [1.82, 2.24) is 84.0 Å². The predicted octanol–water partition coefficient (Wildman–Crippen LogP) is -0.300. The van der Waals surface area contributed by atoms with Crippen LogP contribution in [-0.2, 0) is 93.4 Å². The molecule has 25 N–H and O–H groups in total. The summed E-state index contributed by atoms with van der Waals surface area (Å²) in [4.78, 5) is 189. The number of para-hydroxylation sites is 2. The Kier molecular flexibility index (Phi) is 41.5. The van der Waals surface area contributed by atoms with Crippen molar-refractivity contribution in [3.8, 4) is 5.75 Å². The molecule has 0 aliphatic carbocycles. The van der Waals surface area contributed by atoms with Crippen molar-refractivity contribution >= 4 is 110 Å². The largest absolute Gasteiger partial charge is 0.508 e. The fourth-order valence-corrected chi connectivity index (χ4v) is 12.9. The van der Waals surface area contributed by atoms with Crippen molar-refractivity contribution in [2.24, 2.45) is 41.8 Å². The smallest absolute Gasteiger partial charge is 0.243 e. The number of fused-ring (bicyclic) bond motifs is 2. The molecule has 5 rings (SSSR count). The normalized spacial score (nSPS) is 13.5. The highest BCUT2D eigenvalue weighted by molar-refractivity contribution is 5.98. The van der Waals surface area contributed by atoms with E-state index in [0.29, 0.717) is 70.0 Å². The average molecular weight is 1630 g/mol. The van der Waals surface area contributed by atoms with E-state index < -0.39 is 138 Å². The minimum atomic E-state index is -1.27. The monoisotopic (exact) mass is 1630 g/mol. The molecule has 117 heavy (non-hydrogen) atoms. The number of benzene rings is 3. The van der Waals surface area contributed by atoms with Gasteiger partial charge in [0.15, 0.2) is 5.96 Å². The molecule has 642 valence electrons. The summed E-state index contributed by atoms with van der Waals surface area (Å²) < 4.78 is 1.95. The summed E-state index contributed by atoms with van der Waals surface area (Å²) in [6.07, 6.45) is 8.86. The number of carbonyl (C=O) groups excluding carboxylic acids is 14. The lowest BCUT2D eigenvalue weighted by atomic mass is 10.00. The first-order chi connectivity index (χ1) is 55.7. The van der Waals surface area contributed by atoms with Crippen LogP contribution in [0.25, 0.3) is 21.8 Å². The van der Waals surface area contributed by atoms with E-state index in [1.807, 2.05) is 94.0 Å². The second kappa shape index (κ2) is 50.6. The van der Waals surface area contributed by atoms with Gasteiger partial charge in [0, 0.05) is 99.5 Å². The molecule has 5 aromatic rings. The second-order valence-corrected chi connectivity index (χ2v) is 30.3. The number of H-pyrrole nitrogens is 1. The zero-order chi connectivity index (χ0) is 86.1. The van der Waals surface area contributed by atoms with Crippen LogP contribution in [0.4, 0.5) is 0 Å². The maximum absolute atomic E-state index is 14.7. The van der Waals surface area contributed by atoms with E-state index >= 15 is 0 Å². The van der Waals surface area contributed by atoms with Crippen LogP contribution >= 0.6 is 0 Å². The number of guanidine groups is 1. The maximum Gasteiger partial charge on any atom is 0.243 e. The summed E-state index contributed by atoms with van der Waals surface area (Å²) >= 11 is 0. The van der Waals surface area contributed by atoms with E-state index in [9.17, 15) is 72.2 Å². The summed E-state index contributed by atoms with van der Waals surface area (Å²) in [5.74, 6) is -8.79. The standard InChI is InChI=1S/C81H123N21O15/c1-48(2)39-62(72(84)109)99-78(115)63(40-49(3)4)97-71(108)46-93-73(110)50(5)94-74(111)51(6)95-77(114)61(25-20-38-90-81(85)86)96-70(107)45-92-69(106)29-14-18-36-88-67(104)27-13-17-35-87-68(105)28-15-19-37-89-76(113)60(24-12-16-34-82)98-79(116)64(41-52-30-32-55(103)33-31-52)101-80(117)65(43-53-44-91-59-23-10-8-21-56(53)59)100-75(112)58(83)42-54-47-102(7)66-26-11-9-22-57(54)66/h8-11,21-23,26,30-33,44,47-51,58,60-65,91,103H,12-20,24-25,27-29,34-43,45-46,82-83H2,1-7H3,(H2,84,109)(H,87,105)(H,88,104)(H,89,113)(H,92,106)(H,93,110)(H,94,111)(H,95,114)(H,96,107)(H,97,108)(H,98,116)(H,99,115)(H,100,112)(H,101,117)(H4,85,86,90)/t50-,51-,58-,60-,61-,62-,63-,64-,65-/m0/s1. The summed E-state index contributed by atoms with van der Waals surface area (Å²) in [6, 6.07) is 11.1. The summed E-state index contributed by atoms with van der Waals surface area (Å²) in [5, 5.41) is 56.6. The Bertz CT molecular complexity index is 4150. The van der Waals surface area contributed by atoms with Crippen LogP contribution in [0.5, 0.6) is 5.75 Å². The van der Waals surface area contributed by atoms with Crippen LogP contribution in [0, 0.1) is 17.2 Å². The third-order valence-electron chi connectivity index (χ3n) is 19.2. The van der Waals surface area contributed by atoms with Crippen LogP contribution in [0.3, 0.4) is 0 Å². The number of primary amides is 1. The van der Waals surface area contributed by atoms with Gasteiger partial charge >= 0.3 is 0 Å². The van der Waals surface area contributed by atoms with Crippen molar-refractivity contribution in [3.05, 3.63) is 102 Å². The van der Waals surface area contributed by atoms with E-state index in [4.69, 9.17) is 28.3 Å². The highest BCUT2D eigenvalue weighted by Crippen LogP contribution is 2.23. The van der Waals surface area contributed by atoms with E-state index in [1.54, 1.807) is 18.3 Å². The number of rotatable bonds is 54. The van der Waals surface area contributed by atoms with E-state index in [1.165, 1.54) is 26.0 Å². The van der Waals surface area contributed by atoms with Gasteiger partial charge in [0.05, 0.1) is 19.1 Å². The van der Waals surface area contributed by atoms with E-state index in [2.05, 4.69) is 79.4 Å². The number of aryl methyl sites for hydroxylation is 1. The van der Waals surface area contributed by atoms with Gasteiger partial charge in [0.2, 0.25) is 82.7 Å². The van der Waals surface area contributed by atoms with Crippen LogP contribution in [-0.4, -0.2) is 204 Å². The summed E-state index contributed by atoms with van der Waals surface area (Å²) in [6.45, 7) is 10.3. The molecule has 2 aromatic heterocycles. The fraction of sp³-hybridized carbons (Fsp3) is 0.543. The molecule has 36 nitrogen and oxygen atoms in total. The first-order valence-corrected chi connectivity index (χ1v) is 40.2. The highest BCUT2D eigenvalue weighted by atomic mass is 16.3. The molecule has 2 heterocycles. The summed E-state index contributed by atoms with van der Waals surface area (Å²) in [5.41, 5.74) is 27.2. The zero-order valence-corrected chi connectivity index (χ0v) is 68.2. The van der Waals surface area contributed by atoms with Crippen LogP contribution < -0.4 is 97.4 Å². The number of nitrogens with zero attached hydrogens (tertiary/aromatic N) is 1. The lowest BCUT2D eigenvalue weighted by Gasteiger charge is -2.26. The van der Waals surface area contributed by atoms with Gasteiger partial charge in [-0.1, -0.05) is 76.2 Å². The average Bonchev–Trinajstić information content (AvgIpc) is 1.67. The molecule has 0 unspecified atom stereocenters. The van der Waals surface area contributed by atoms with Crippen molar-refractivity contribution in [3.63, 3.8) is 0 Å². The van der Waals surface area contributed by atoms with Crippen molar-refractivity contribution in [2.75, 3.05) is 45.8 Å². The number of unbranched alkanes of at least 4 members (excludes halogenated alkanes) is 4. The number of carbonyl (C=O) groups is 14. The SMILES string of the molecule is CC(C)C[C@H](NC(=O)[C@H](CC(C)C)NC(=O)CNC(=O)[C@H](C)NC(=O)[C@H](C)NC(=O)[C@H](CCCNC(=N)N)NC(=O)CNC(=O)CCCCNC(=O)CCCCNC(=O)CCCCNC(=O)[C@H](CCCCN)NC(=O)[C@H](Cc1ccc(O)cc1)NC(=O)[C@H](Cc1c[nH]c2ccccc12)NC(=O)[C@@H](N)Cc1cn(C)c2ccccc12)C(N)=O. The Morgan fingerprint density at radius 2 is 0.915 bits per heavy atom. The highest BCUT2D eigenvalue weighted by Gasteiger charge is 2.34. The quantitative estimate of drug-likeness (QED) is 0.0135. The molecule has 36 heteroatoms. The summed E-state index contributed by atoms with van der Waals surface area (Å²) in [7, 11) is 1.91. The van der Waals surface area contributed by atoms with E-state index in [0.717, 1.165) is 32.9 Å². The minimum Gasteiger partial charge on any atom is -0.508 e. The molecule has 0 bridgehead atoms. The van der Waals surface area contributed by atoms with Crippen molar-refractivity contribution < 1.29 is 72.2 Å². The first-order valence-electron chi connectivity index (χ1n) is 40.2. The van der Waals surface area contributed by atoms with Crippen LogP contribution in [0.2, 0.25) is 0 Å². The van der Waals surface area contributed by atoms with Gasteiger partial charge in [-0.3, -0.25) is 72.5 Å². The molecule has 0 spiro atoms. The number of nitrogens with two attached hydrogens (primary N) is 4. The number of phenolic OH excluding ortho intramolecular Hbond substituents is 1. The molecule has 0 saturated heterocycles. The van der Waals surface area contributed by atoms with Crippen molar-refractivity contribution in [1.29, 1.82) is 5.41 Å². The number of aromatic hydroxyl groups is 1. The Labute approximate surface area is 682 Å². The van der Waals surface area contributed by atoms with Crippen molar-refractivity contribution in [2.45, 2.75) is 218 Å². The zero-order valence-electron chi connectivity index (χ0n) is 68.2. The predicted molar refractivity (Wildman–Crippen MR) is 442 cm³/mol. The van der Waals surface area contributed by atoms with Gasteiger partial charge in [-0.2, -0.15) is 0 Å².